The second kappa shape index (κ2) is 2.49. The van der Waals surface area contributed by atoms with E-state index in [1.165, 1.54) is 0 Å². The number of aryl methyl sites for hydroxylation is 1. The molecule has 0 aliphatic carbocycles. The zero-order valence-corrected chi connectivity index (χ0v) is 7.03. The van der Waals surface area contributed by atoms with Crippen LogP contribution in [-0.2, 0) is 7.05 Å². The molecule has 4 nitrogen and oxygen atoms in total. The first-order valence-corrected chi connectivity index (χ1v) is 3.81. The van der Waals surface area contributed by atoms with Crippen LogP contribution in [-0.4, -0.2) is 9.55 Å². The summed E-state index contributed by atoms with van der Waals surface area (Å²) in [6.45, 7) is 0. The van der Waals surface area contributed by atoms with Crippen molar-refractivity contribution in [3.05, 3.63) is 34.2 Å². The first-order valence-electron chi connectivity index (χ1n) is 3.81. The SMILES string of the molecule is Cn1ccc2cc(C#N)c(=O)[nH]c21. The van der Waals surface area contributed by atoms with Crippen molar-refractivity contribution < 1.29 is 0 Å². The number of nitriles is 1. The van der Waals surface area contributed by atoms with Gasteiger partial charge in [-0.1, -0.05) is 0 Å². The van der Waals surface area contributed by atoms with E-state index in [0.29, 0.717) is 0 Å². The fraction of sp³-hybridized carbons (Fsp3) is 0.111. The Morgan fingerprint density at radius 2 is 2.38 bits per heavy atom. The van der Waals surface area contributed by atoms with Crippen LogP contribution in [0, 0.1) is 11.3 Å². The molecule has 0 bridgehead atoms. The number of pyridine rings is 1. The fourth-order valence-electron chi connectivity index (χ4n) is 1.30. The Hall–Kier alpha value is -2.02. The summed E-state index contributed by atoms with van der Waals surface area (Å²) in [5.74, 6) is 0. The summed E-state index contributed by atoms with van der Waals surface area (Å²) in [6.07, 6.45) is 1.84. The average molecular weight is 173 g/mol. The Morgan fingerprint density at radius 3 is 3.08 bits per heavy atom. The molecule has 13 heavy (non-hydrogen) atoms. The van der Waals surface area contributed by atoms with Gasteiger partial charge in [-0.15, -0.1) is 0 Å². The van der Waals surface area contributed by atoms with Gasteiger partial charge in [0.2, 0.25) is 0 Å². The molecular weight excluding hydrogens is 166 g/mol. The lowest BCUT2D eigenvalue weighted by molar-refractivity contribution is 0.943. The number of nitrogens with zero attached hydrogens (tertiary/aromatic N) is 2. The molecule has 0 atom stereocenters. The Morgan fingerprint density at radius 1 is 1.62 bits per heavy atom. The van der Waals surface area contributed by atoms with Gasteiger partial charge < -0.3 is 9.55 Å². The van der Waals surface area contributed by atoms with E-state index in [1.54, 1.807) is 10.6 Å². The minimum Gasteiger partial charge on any atom is -0.337 e. The van der Waals surface area contributed by atoms with Gasteiger partial charge in [0.15, 0.2) is 0 Å². The van der Waals surface area contributed by atoms with Gasteiger partial charge in [0, 0.05) is 18.6 Å². The van der Waals surface area contributed by atoms with Crippen molar-refractivity contribution in [2.45, 2.75) is 0 Å². The van der Waals surface area contributed by atoms with Crippen molar-refractivity contribution in [1.82, 2.24) is 9.55 Å². The molecule has 0 spiro atoms. The topological polar surface area (TPSA) is 61.6 Å². The Bertz CT molecular complexity index is 556. The third kappa shape index (κ3) is 1.02. The van der Waals surface area contributed by atoms with Crippen LogP contribution >= 0.6 is 0 Å². The second-order valence-electron chi connectivity index (χ2n) is 2.85. The summed E-state index contributed by atoms with van der Waals surface area (Å²) in [7, 11) is 1.84. The van der Waals surface area contributed by atoms with Crippen LogP contribution in [0.2, 0.25) is 0 Å². The molecule has 2 aromatic heterocycles. The maximum Gasteiger partial charge on any atom is 0.267 e. The van der Waals surface area contributed by atoms with E-state index in [2.05, 4.69) is 4.98 Å². The summed E-state index contributed by atoms with van der Waals surface area (Å²) >= 11 is 0. The van der Waals surface area contributed by atoms with Gasteiger partial charge in [0.05, 0.1) is 0 Å². The molecule has 0 saturated carbocycles. The zero-order chi connectivity index (χ0) is 9.42. The molecule has 0 radical (unpaired) electrons. The minimum absolute atomic E-state index is 0.152. The van der Waals surface area contributed by atoms with Gasteiger partial charge in [-0.05, 0) is 12.1 Å². The molecule has 2 rings (SSSR count). The number of nitrogens with one attached hydrogen (secondary N) is 1. The van der Waals surface area contributed by atoms with E-state index >= 15 is 0 Å². The van der Waals surface area contributed by atoms with Gasteiger partial charge >= 0.3 is 0 Å². The van der Waals surface area contributed by atoms with Crippen molar-refractivity contribution in [2.24, 2.45) is 7.05 Å². The van der Waals surface area contributed by atoms with Gasteiger partial charge in [0.1, 0.15) is 17.3 Å². The number of hydrogen-bond donors (Lipinski definition) is 1. The molecule has 0 unspecified atom stereocenters. The van der Waals surface area contributed by atoms with Crippen LogP contribution < -0.4 is 5.56 Å². The highest BCUT2D eigenvalue weighted by Crippen LogP contribution is 2.10. The van der Waals surface area contributed by atoms with E-state index in [4.69, 9.17) is 5.26 Å². The third-order valence-electron chi connectivity index (χ3n) is 2.00. The van der Waals surface area contributed by atoms with Gasteiger partial charge in [-0.2, -0.15) is 5.26 Å². The highest BCUT2D eigenvalue weighted by atomic mass is 16.1. The average Bonchev–Trinajstić information content (AvgIpc) is 2.47. The van der Waals surface area contributed by atoms with E-state index in [0.717, 1.165) is 11.0 Å². The van der Waals surface area contributed by atoms with Crippen LogP contribution in [0.3, 0.4) is 0 Å². The van der Waals surface area contributed by atoms with Crippen molar-refractivity contribution >= 4 is 11.0 Å². The number of rotatable bonds is 0. The lowest BCUT2D eigenvalue weighted by atomic mass is 10.2. The number of hydrogen-bond acceptors (Lipinski definition) is 2. The predicted octanol–water partition coefficient (Wildman–Crippen LogP) is 0.738. The molecule has 64 valence electrons. The van der Waals surface area contributed by atoms with Crippen molar-refractivity contribution in [3.8, 4) is 6.07 Å². The highest BCUT2D eigenvalue weighted by molar-refractivity contribution is 5.77. The lowest BCUT2D eigenvalue weighted by Crippen LogP contribution is -2.10. The molecule has 0 amide bonds. The standard InChI is InChI=1S/C9H7N3O/c1-12-3-2-6-4-7(5-10)9(13)11-8(6)12/h2-4H,1H3,(H,11,13). The largest absolute Gasteiger partial charge is 0.337 e. The van der Waals surface area contributed by atoms with E-state index in [9.17, 15) is 4.79 Å². The number of H-pyrrole nitrogens is 1. The molecule has 0 aliphatic rings. The first-order chi connectivity index (χ1) is 6.22. The summed E-state index contributed by atoms with van der Waals surface area (Å²) < 4.78 is 1.80. The summed E-state index contributed by atoms with van der Waals surface area (Å²) in [6, 6.07) is 5.29. The first kappa shape index (κ1) is 7.62. The molecular formula is C9H7N3O. The molecule has 0 saturated heterocycles. The number of fused-ring (bicyclic) bond motifs is 1. The number of aromatic amines is 1. The maximum absolute atomic E-state index is 11.2. The quantitative estimate of drug-likeness (QED) is 0.638. The van der Waals surface area contributed by atoms with Crippen LogP contribution in [0.5, 0.6) is 0 Å². The smallest absolute Gasteiger partial charge is 0.267 e. The van der Waals surface area contributed by atoms with Gasteiger partial charge in [0.25, 0.3) is 5.56 Å². The molecule has 1 N–H and O–H groups in total. The van der Waals surface area contributed by atoms with Crippen molar-refractivity contribution in [3.63, 3.8) is 0 Å². The predicted molar refractivity (Wildman–Crippen MR) is 48.3 cm³/mol. The second-order valence-corrected chi connectivity index (χ2v) is 2.85. The summed E-state index contributed by atoms with van der Waals surface area (Å²) in [5.41, 5.74) is 0.555. The monoisotopic (exact) mass is 173 g/mol. The van der Waals surface area contributed by atoms with Crippen molar-refractivity contribution in [2.75, 3.05) is 0 Å². The van der Waals surface area contributed by atoms with Crippen LogP contribution in [0.1, 0.15) is 5.56 Å². The normalized spacial score (nSPS) is 10.2. The molecule has 0 fully saturated rings. The Kier molecular flexibility index (Phi) is 1.46. The number of aromatic nitrogens is 2. The fourth-order valence-corrected chi connectivity index (χ4v) is 1.30. The van der Waals surface area contributed by atoms with Gasteiger partial charge in [-0.25, -0.2) is 0 Å². The summed E-state index contributed by atoms with van der Waals surface area (Å²) in [5, 5.41) is 9.48. The molecule has 2 heterocycles. The Labute approximate surface area is 74.0 Å². The maximum atomic E-state index is 11.2. The summed E-state index contributed by atoms with van der Waals surface area (Å²) in [4.78, 5) is 13.9. The zero-order valence-electron chi connectivity index (χ0n) is 7.03. The van der Waals surface area contributed by atoms with Crippen molar-refractivity contribution in [1.29, 1.82) is 5.26 Å². The molecule has 2 aromatic rings. The third-order valence-corrected chi connectivity index (χ3v) is 2.00. The molecule has 0 aromatic carbocycles. The van der Waals surface area contributed by atoms with E-state index < -0.39 is 0 Å². The van der Waals surface area contributed by atoms with Crippen LogP contribution in [0.4, 0.5) is 0 Å². The lowest BCUT2D eigenvalue weighted by Gasteiger charge is -1.95. The van der Waals surface area contributed by atoms with Crippen LogP contribution in [0.15, 0.2) is 23.1 Å². The molecule has 0 aliphatic heterocycles. The highest BCUT2D eigenvalue weighted by Gasteiger charge is 2.03. The van der Waals surface area contributed by atoms with E-state index in [-0.39, 0.29) is 11.1 Å². The Balaban J connectivity index is 2.94. The minimum atomic E-state index is -0.336. The van der Waals surface area contributed by atoms with Gasteiger partial charge in [-0.3, -0.25) is 4.79 Å². The molecule has 4 heteroatoms. The van der Waals surface area contributed by atoms with Crippen LogP contribution in [0.25, 0.3) is 11.0 Å². The van der Waals surface area contributed by atoms with E-state index in [1.807, 2.05) is 25.4 Å².